The fraction of sp³-hybridized carbons (Fsp3) is 0. The van der Waals surface area contributed by atoms with Gasteiger partial charge >= 0.3 is 6.01 Å². The summed E-state index contributed by atoms with van der Waals surface area (Å²) in [5, 5.41) is 0. The summed E-state index contributed by atoms with van der Waals surface area (Å²) in [6, 6.07) is 7.14. The van der Waals surface area contributed by atoms with Gasteiger partial charge in [0.1, 0.15) is 5.52 Å². The van der Waals surface area contributed by atoms with Gasteiger partial charge in [0, 0.05) is 0 Å². The number of fused-ring (bicyclic) bond motifs is 1. The Hall–Kier alpha value is -1.40. The van der Waals surface area contributed by atoms with Crippen molar-refractivity contribution < 1.29 is 13.2 Å². The molecule has 0 aliphatic rings. The Labute approximate surface area is 76.2 Å². The standard InChI is InChI=1S/C7H6N2O3S/c10-13(11)9-7-8-5-3-1-2-4-6(5)12-7/h1-4H,(H,8,9)(H,10,11). The third-order valence-electron chi connectivity index (χ3n) is 1.47. The molecular weight excluding hydrogens is 192 g/mol. The van der Waals surface area contributed by atoms with E-state index in [-0.39, 0.29) is 6.01 Å². The molecule has 0 aliphatic carbocycles. The molecule has 0 bridgehead atoms. The summed E-state index contributed by atoms with van der Waals surface area (Å²) in [4.78, 5) is 3.92. The molecule has 13 heavy (non-hydrogen) atoms. The van der Waals surface area contributed by atoms with Crippen LogP contribution in [-0.4, -0.2) is 13.7 Å². The van der Waals surface area contributed by atoms with E-state index >= 15 is 0 Å². The van der Waals surface area contributed by atoms with Gasteiger partial charge in [-0.2, -0.15) is 4.98 Å². The molecule has 1 aromatic carbocycles. The molecule has 1 aromatic heterocycles. The van der Waals surface area contributed by atoms with Crippen molar-refractivity contribution in [2.24, 2.45) is 0 Å². The SMILES string of the molecule is O=S(O)Nc1nc2ccccc2o1. The van der Waals surface area contributed by atoms with E-state index in [9.17, 15) is 4.21 Å². The molecule has 2 N–H and O–H groups in total. The van der Waals surface area contributed by atoms with Gasteiger partial charge in [-0.15, -0.1) is 0 Å². The lowest BCUT2D eigenvalue weighted by Gasteiger charge is -1.89. The lowest BCUT2D eigenvalue weighted by Crippen LogP contribution is -2.01. The summed E-state index contributed by atoms with van der Waals surface area (Å²) in [6.07, 6.45) is 0. The van der Waals surface area contributed by atoms with Gasteiger partial charge in [0.25, 0.3) is 11.3 Å². The number of aromatic nitrogens is 1. The Morgan fingerprint density at radius 3 is 2.92 bits per heavy atom. The maximum atomic E-state index is 10.3. The van der Waals surface area contributed by atoms with E-state index in [1.807, 2.05) is 6.07 Å². The molecule has 0 saturated heterocycles. The van der Waals surface area contributed by atoms with E-state index in [0.29, 0.717) is 11.1 Å². The average Bonchev–Trinajstić information content (AvgIpc) is 2.44. The van der Waals surface area contributed by atoms with Crippen LogP contribution in [0.5, 0.6) is 0 Å². The minimum Gasteiger partial charge on any atom is -0.423 e. The van der Waals surface area contributed by atoms with E-state index in [0.717, 1.165) is 0 Å². The normalized spacial score (nSPS) is 13.0. The van der Waals surface area contributed by atoms with Crippen molar-refractivity contribution in [3.05, 3.63) is 24.3 Å². The molecule has 0 spiro atoms. The van der Waals surface area contributed by atoms with E-state index in [1.165, 1.54) is 0 Å². The van der Waals surface area contributed by atoms with E-state index in [2.05, 4.69) is 9.71 Å². The zero-order chi connectivity index (χ0) is 9.26. The maximum absolute atomic E-state index is 10.3. The van der Waals surface area contributed by atoms with Gasteiger partial charge in [-0.3, -0.25) is 4.55 Å². The highest BCUT2D eigenvalue weighted by atomic mass is 32.2. The molecule has 0 fully saturated rings. The number of rotatable bonds is 2. The van der Waals surface area contributed by atoms with Crippen molar-refractivity contribution in [1.82, 2.24) is 4.98 Å². The van der Waals surface area contributed by atoms with Gasteiger partial charge in [-0.1, -0.05) is 12.1 Å². The zero-order valence-corrected chi connectivity index (χ0v) is 7.25. The van der Waals surface area contributed by atoms with E-state index in [4.69, 9.17) is 8.97 Å². The molecule has 0 amide bonds. The largest absolute Gasteiger partial charge is 0.423 e. The van der Waals surface area contributed by atoms with Crippen LogP contribution >= 0.6 is 0 Å². The number of nitrogens with one attached hydrogen (secondary N) is 1. The summed E-state index contributed by atoms with van der Waals surface area (Å²) >= 11 is -2.15. The van der Waals surface area contributed by atoms with E-state index in [1.54, 1.807) is 18.2 Å². The van der Waals surface area contributed by atoms with Crippen LogP contribution < -0.4 is 4.72 Å². The smallest absolute Gasteiger partial charge is 0.309 e. The zero-order valence-electron chi connectivity index (χ0n) is 6.43. The predicted octanol–water partition coefficient (Wildman–Crippen LogP) is 1.38. The second kappa shape index (κ2) is 3.15. The Morgan fingerprint density at radius 2 is 2.23 bits per heavy atom. The second-order valence-corrected chi connectivity index (χ2v) is 3.04. The van der Waals surface area contributed by atoms with Gasteiger partial charge in [0.2, 0.25) is 0 Å². The van der Waals surface area contributed by atoms with Gasteiger partial charge in [-0.05, 0) is 12.1 Å². The first-order valence-electron chi connectivity index (χ1n) is 3.49. The number of nitrogens with zero attached hydrogens (tertiary/aromatic N) is 1. The first kappa shape index (κ1) is 8.21. The molecule has 2 aromatic rings. The first-order valence-corrected chi connectivity index (χ1v) is 4.59. The number of hydrogen-bond acceptors (Lipinski definition) is 3. The van der Waals surface area contributed by atoms with Crippen molar-refractivity contribution in [2.75, 3.05) is 4.72 Å². The van der Waals surface area contributed by atoms with Gasteiger partial charge in [-0.25, -0.2) is 8.93 Å². The number of hydrogen-bond donors (Lipinski definition) is 2. The molecular formula is C7H6N2O3S. The van der Waals surface area contributed by atoms with Crippen LogP contribution in [0.4, 0.5) is 6.01 Å². The van der Waals surface area contributed by atoms with Crippen molar-refractivity contribution >= 4 is 28.4 Å². The minimum atomic E-state index is -2.15. The number of anilines is 1. The Kier molecular flexibility index (Phi) is 1.99. The molecule has 1 atom stereocenters. The summed E-state index contributed by atoms with van der Waals surface area (Å²) in [6.45, 7) is 0. The monoisotopic (exact) mass is 198 g/mol. The van der Waals surface area contributed by atoms with Crippen molar-refractivity contribution in [2.45, 2.75) is 0 Å². The van der Waals surface area contributed by atoms with Crippen LogP contribution in [0.1, 0.15) is 0 Å². The predicted molar refractivity (Wildman–Crippen MR) is 48.4 cm³/mol. The number of benzene rings is 1. The third kappa shape index (κ3) is 1.68. The fourth-order valence-corrected chi connectivity index (χ4v) is 1.23. The van der Waals surface area contributed by atoms with Crippen LogP contribution in [0.15, 0.2) is 28.7 Å². The summed E-state index contributed by atoms with van der Waals surface area (Å²) in [7, 11) is 0. The van der Waals surface area contributed by atoms with Crippen LogP contribution in [0, 0.1) is 0 Å². The fourth-order valence-electron chi connectivity index (χ4n) is 0.991. The Balaban J connectivity index is 2.44. The molecule has 2 rings (SSSR count). The summed E-state index contributed by atoms with van der Waals surface area (Å²) in [5.74, 6) is 0. The third-order valence-corrected chi connectivity index (χ3v) is 1.82. The lowest BCUT2D eigenvalue weighted by atomic mass is 10.3. The average molecular weight is 198 g/mol. The lowest BCUT2D eigenvalue weighted by molar-refractivity contribution is 0.564. The molecule has 1 heterocycles. The highest BCUT2D eigenvalue weighted by molar-refractivity contribution is 7.80. The Morgan fingerprint density at radius 1 is 1.46 bits per heavy atom. The van der Waals surface area contributed by atoms with Crippen LogP contribution in [0.2, 0.25) is 0 Å². The van der Waals surface area contributed by atoms with Crippen LogP contribution in [-0.2, 0) is 11.3 Å². The quantitative estimate of drug-likeness (QED) is 0.715. The van der Waals surface area contributed by atoms with Gasteiger partial charge in [0.05, 0.1) is 0 Å². The molecule has 5 nitrogen and oxygen atoms in total. The maximum Gasteiger partial charge on any atom is 0.309 e. The Bertz CT molecular complexity index is 421. The second-order valence-electron chi connectivity index (χ2n) is 2.34. The van der Waals surface area contributed by atoms with E-state index < -0.39 is 11.3 Å². The van der Waals surface area contributed by atoms with Crippen LogP contribution in [0.25, 0.3) is 11.1 Å². The summed E-state index contributed by atoms with van der Waals surface area (Å²) in [5.41, 5.74) is 1.23. The highest BCUT2D eigenvalue weighted by Crippen LogP contribution is 2.17. The minimum absolute atomic E-state index is 0.0435. The van der Waals surface area contributed by atoms with Gasteiger partial charge < -0.3 is 4.42 Å². The molecule has 1 unspecified atom stereocenters. The topological polar surface area (TPSA) is 75.4 Å². The number of oxazole rings is 1. The molecule has 0 aliphatic heterocycles. The number of para-hydroxylation sites is 2. The highest BCUT2D eigenvalue weighted by Gasteiger charge is 2.05. The summed E-state index contributed by atoms with van der Waals surface area (Å²) < 4.78 is 26.1. The van der Waals surface area contributed by atoms with Crippen molar-refractivity contribution in [3.8, 4) is 0 Å². The molecule has 6 heteroatoms. The first-order chi connectivity index (χ1) is 6.25. The van der Waals surface area contributed by atoms with Crippen molar-refractivity contribution in [3.63, 3.8) is 0 Å². The molecule has 0 radical (unpaired) electrons. The van der Waals surface area contributed by atoms with Gasteiger partial charge in [0.15, 0.2) is 5.58 Å². The molecule has 68 valence electrons. The van der Waals surface area contributed by atoms with Crippen molar-refractivity contribution in [1.29, 1.82) is 0 Å². The van der Waals surface area contributed by atoms with Crippen LogP contribution in [0.3, 0.4) is 0 Å². The molecule has 0 saturated carbocycles.